The van der Waals surface area contributed by atoms with E-state index in [1.54, 1.807) is 10.6 Å². The molecule has 0 bridgehead atoms. The molecule has 1 aromatic carbocycles. The molecule has 118 valence electrons. The number of ether oxygens (including phenoxy) is 1. The molecule has 22 heavy (non-hydrogen) atoms. The summed E-state index contributed by atoms with van der Waals surface area (Å²) in [6, 6.07) is 5.51. The van der Waals surface area contributed by atoms with Crippen molar-refractivity contribution in [1.29, 1.82) is 0 Å². The van der Waals surface area contributed by atoms with Gasteiger partial charge < -0.3 is 4.74 Å². The van der Waals surface area contributed by atoms with Crippen molar-refractivity contribution in [1.82, 2.24) is 14.8 Å². The normalized spacial score (nSPS) is 18.0. The van der Waals surface area contributed by atoms with Crippen molar-refractivity contribution in [2.75, 3.05) is 6.61 Å². The zero-order chi connectivity index (χ0) is 15.5. The molecule has 8 heteroatoms. The predicted octanol–water partition coefficient (Wildman–Crippen LogP) is 3.35. The fourth-order valence-electron chi connectivity index (χ4n) is 2.34. The van der Waals surface area contributed by atoms with Crippen molar-refractivity contribution in [3.63, 3.8) is 0 Å². The minimum absolute atomic E-state index is 0.0969. The predicted molar refractivity (Wildman–Crippen MR) is 87.8 cm³/mol. The number of H-pyrrole nitrogens is 1. The Morgan fingerprint density at radius 3 is 3.00 bits per heavy atom. The van der Waals surface area contributed by atoms with Crippen molar-refractivity contribution in [3.05, 3.63) is 44.3 Å². The Morgan fingerprint density at radius 2 is 2.27 bits per heavy atom. The smallest absolute Gasteiger partial charge is 0.344 e. The summed E-state index contributed by atoms with van der Waals surface area (Å²) in [5.74, 6) is 0.659. The molecule has 1 atom stereocenters. The molecule has 0 radical (unpaired) electrons. The summed E-state index contributed by atoms with van der Waals surface area (Å²) < 4.78 is 7.22. The van der Waals surface area contributed by atoms with Gasteiger partial charge in [0.2, 0.25) is 0 Å². The topological polar surface area (TPSA) is 59.9 Å². The molecule has 1 aliphatic rings. The quantitative estimate of drug-likeness (QED) is 0.831. The third kappa shape index (κ3) is 3.68. The number of hydrogen-bond acceptors (Lipinski definition) is 4. The van der Waals surface area contributed by atoms with E-state index < -0.39 is 0 Å². The zero-order valence-corrected chi connectivity index (χ0v) is 14.0. The van der Waals surface area contributed by atoms with Crippen LogP contribution in [-0.4, -0.2) is 27.5 Å². The highest BCUT2D eigenvalue weighted by Crippen LogP contribution is 2.27. The first-order valence-electron chi connectivity index (χ1n) is 6.97. The van der Waals surface area contributed by atoms with Gasteiger partial charge in [-0.3, -0.25) is 4.57 Å². The maximum absolute atomic E-state index is 11.9. The highest BCUT2D eigenvalue weighted by atomic mass is 35.5. The molecular weight excluding hydrogens is 345 g/mol. The average Bonchev–Trinajstić information content (AvgIpc) is 3.13. The van der Waals surface area contributed by atoms with Gasteiger partial charge in [-0.2, -0.15) is 0 Å². The van der Waals surface area contributed by atoms with Crippen LogP contribution in [0.1, 0.15) is 18.4 Å². The number of aromatic amines is 1. The van der Waals surface area contributed by atoms with Crippen molar-refractivity contribution in [3.8, 4) is 0 Å². The van der Waals surface area contributed by atoms with E-state index in [0.717, 1.165) is 25.0 Å². The molecule has 1 aliphatic heterocycles. The molecule has 0 aliphatic carbocycles. The van der Waals surface area contributed by atoms with Crippen LogP contribution in [0, 0.1) is 0 Å². The Kier molecular flexibility index (Phi) is 5.13. The van der Waals surface area contributed by atoms with Crippen LogP contribution in [0.25, 0.3) is 0 Å². The van der Waals surface area contributed by atoms with E-state index in [4.69, 9.17) is 27.9 Å². The monoisotopic (exact) mass is 359 g/mol. The molecule has 3 rings (SSSR count). The summed E-state index contributed by atoms with van der Waals surface area (Å²) in [4.78, 5) is 11.9. The van der Waals surface area contributed by atoms with Crippen LogP contribution in [-0.2, 0) is 17.0 Å². The van der Waals surface area contributed by atoms with Crippen molar-refractivity contribution < 1.29 is 4.74 Å². The molecule has 1 N–H and O–H groups in total. The summed E-state index contributed by atoms with van der Waals surface area (Å²) in [5, 5.41) is 8.31. The fraction of sp³-hybridized carbons (Fsp3) is 0.429. The highest BCUT2D eigenvalue weighted by Gasteiger charge is 2.19. The Balaban J connectivity index is 1.69. The molecule has 0 amide bonds. The SMILES string of the molecule is O=c1[nH]nc(SCc2ccc(Cl)c(Cl)c2)n1C[C@@H]1CCCO1. The van der Waals surface area contributed by atoms with Gasteiger partial charge in [0.05, 0.1) is 22.7 Å². The van der Waals surface area contributed by atoms with E-state index in [9.17, 15) is 4.79 Å². The highest BCUT2D eigenvalue weighted by molar-refractivity contribution is 7.98. The number of aromatic nitrogens is 3. The van der Waals surface area contributed by atoms with Gasteiger partial charge in [0.25, 0.3) is 0 Å². The average molecular weight is 360 g/mol. The Morgan fingerprint density at radius 1 is 1.41 bits per heavy atom. The standard InChI is InChI=1S/C14H15Cl2N3O2S/c15-11-4-3-9(6-12(11)16)8-22-14-18-17-13(20)19(14)7-10-2-1-5-21-10/h3-4,6,10H,1-2,5,7-8H2,(H,17,20)/t10-/m0/s1. The van der Waals surface area contributed by atoms with Gasteiger partial charge in [-0.15, -0.1) is 5.10 Å². The van der Waals surface area contributed by atoms with Gasteiger partial charge in [0.1, 0.15) is 0 Å². The van der Waals surface area contributed by atoms with Crippen LogP contribution in [0.15, 0.2) is 28.2 Å². The van der Waals surface area contributed by atoms with E-state index in [1.165, 1.54) is 11.8 Å². The number of nitrogens with zero attached hydrogens (tertiary/aromatic N) is 2. The maximum Gasteiger partial charge on any atom is 0.344 e. The molecule has 1 fully saturated rings. The van der Waals surface area contributed by atoms with Gasteiger partial charge >= 0.3 is 5.69 Å². The summed E-state index contributed by atoms with van der Waals surface area (Å²) in [7, 11) is 0. The van der Waals surface area contributed by atoms with Crippen LogP contribution < -0.4 is 5.69 Å². The van der Waals surface area contributed by atoms with E-state index >= 15 is 0 Å². The molecule has 0 saturated carbocycles. The minimum Gasteiger partial charge on any atom is -0.376 e. The van der Waals surface area contributed by atoms with Crippen molar-refractivity contribution >= 4 is 35.0 Å². The molecular formula is C14H15Cl2N3O2S. The molecule has 2 heterocycles. The van der Waals surface area contributed by atoms with Gasteiger partial charge in [0.15, 0.2) is 5.16 Å². The number of rotatable bonds is 5. The van der Waals surface area contributed by atoms with Crippen molar-refractivity contribution in [2.24, 2.45) is 0 Å². The number of halogens is 2. The van der Waals surface area contributed by atoms with E-state index in [-0.39, 0.29) is 11.8 Å². The van der Waals surface area contributed by atoms with Gasteiger partial charge in [-0.05, 0) is 30.5 Å². The largest absolute Gasteiger partial charge is 0.376 e. The lowest BCUT2D eigenvalue weighted by Gasteiger charge is -2.11. The molecule has 0 unspecified atom stereocenters. The summed E-state index contributed by atoms with van der Waals surface area (Å²) >= 11 is 13.4. The first-order valence-corrected chi connectivity index (χ1v) is 8.71. The first-order chi connectivity index (χ1) is 10.6. The lowest BCUT2D eigenvalue weighted by molar-refractivity contribution is 0.0941. The second-order valence-corrected chi connectivity index (χ2v) is 6.85. The molecule has 0 spiro atoms. The van der Waals surface area contributed by atoms with Crippen LogP contribution in [0.2, 0.25) is 10.0 Å². The fourth-order valence-corrected chi connectivity index (χ4v) is 3.56. The number of thioether (sulfide) groups is 1. The lowest BCUT2D eigenvalue weighted by Crippen LogP contribution is -2.24. The van der Waals surface area contributed by atoms with Crippen LogP contribution in [0.4, 0.5) is 0 Å². The van der Waals surface area contributed by atoms with Gasteiger partial charge in [-0.1, -0.05) is 41.0 Å². The Bertz CT molecular complexity index is 710. The Labute approximate surface area is 142 Å². The van der Waals surface area contributed by atoms with Crippen LogP contribution in [0.5, 0.6) is 0 Å². The lowest BCUT2D eigenvalue weighted by atomic mass is 10.2. The van der Waals surface area contributed by atoms with Crippen molar-refractivity contribution in [2.45, 2.75) is 36.4 Å². The summed E-state index contributed by atoms with van der Waals surface area (Å²) in [6.07, 6.45) is 2.12. The second-order valence-electron chi connectivity index (χ2n) is 5.09. The first kappa shape index (κ1) is 15.9. The molecule has 1 aromatic heterocycles. The molecule has 5 nitrogen and oxygen atoms in total. The summed E-state index contributed by atoms with van der Waals surface area (Å²) in [5.41, 5.74) is 0.825. The van der Waals surface area contributed by atoms with E-state index in [0.29, 0.717) is 27.5 Å². The van der Waals surface area contributed by atoms with Gasteiger partial charge in [0, 0.05) is 12.4 Å². The minimum atomic E-state index is -0.202. The Hall–Kier alpha value is -0.950. The molecule has 2 aromatic rings. The van der Waals surface area contributed by atoms with Crippen LogP contribution in [0.3, 0.4) is 0 Å². The summed E-state index contributed by atoms with van der Waals surface area (Å²) in [6.45, 7) is 1.31. The third-order valence-corrected chi connectivity index (χ3v) is 5.27. The van der Waals surface area contributed by atoms with E-state index in [1.807, 2.05) is 12.1 Å². The number of hydrogen-bond donors (Lipinski definition) is 1. The number of benzene rings is 1. The maximum atomic E-state index is 11.9. The van der Waals surface area contributed by atoms with Gasteiger partial charge in [-0.25, -0.2) is 9.89 Å². The number of nitrogens with one attached hydrogen (secondary N) is 1. The molecule has 1 saturated heterocycles. The second kappa shape index (κ2) is 7.08. The third-order valence-electron chi connectivity index (χ3n) is 3.49. The van der Waals surface area contributed by atoms with Crippen LogP contribution >= 0.6 is 35.0 Å². The zero-order valence-electron chi connectivity index (χ0n) is 11.7. The van der Waals surface area contributed by atoms with E-state index in [2.05, 4.69) is 10.2 Å².